The molecule has 1 aromatic carbocycles. The summed E-state index contributed by atoms with van der Waals surface area (Å²) in [6.07, 6.45) is 0.445. The molecule has 4 N–H and O–H groups in total. The van der Waals surface area contributed by atoms with Gasteiger partial charge >= 0.3 is 0 Å². The van der Waals surface area contributed by atoms with Gasteiger partial charge in [-0.3, -0.25) is 23.9 Å². The number of aromatic nitrogens is 2. The number of rotatable bonds is 9. The zero-order chi connectivity index (χ0) is 27.6. The van der Waals surface area contributed by atoms with Crippen molar-refractivity contribution >= 4 is 22.8 Å². The average molecular weight is 529 g/mol. The molecule has 38 heavy (non-hydrogen) atoms. The van der Waals surface area contributed by atoms with Crippen molar-refractivity contribution in [3.8, 4) is 11.5 Å². The van der Waals surface area contributed by atoms with Gasteiger partial charge in [0, 0.05) is 31.8 Å². The van der Waals surface area contributed by atoms with E-state index in [1.165, 1.54) is 30.0 Å². The molecular formula is C26H29FN4O7. The number of ether oxygens (including phenoxy) is 2. The lowest BCUT2D eigenvalue weighted by Gasteiger charge is -2.31. The molecule has 0 aliphatic carbocycles. The molecule has 0 saturated carbocycles. The molecule has 3 heterocycles. The second-order valence-corrected chi connectivity index (χ2v) is 9.64. The van der Waals surface area contributed by atoms with E-state index in [1.54, 1.807) is 26.0 Å². The number of aliphatic hydroxyl groups excluding tert-OH is 1. The fraction of sp³-hybridized carbons (Fsp3) is 0.385. The average Bonchev–Trinajstić information content (AvgIpc) is 2.88. The minimum atomic E-state index is -1.20. The lowest BCUT2D eigenvalue weighted by atomic mass is 10.0. The highest BCUT2D eigenvalue weighted by Gasteiger charge is 2.36. The number of carbonyl (C=O) groups is 2. The fourth-order valence-corrected chi connectivity index (χ4v) is 4.15. The number of methoxy groups -OCH3 is 1. The number of aromatic hydroxyl groups is 1. The van der Waals surface area contributed by atoms with Crippen LogP contribution in [0.15, 0.2) is 35.3 Å². The van der Waals surface area contributed by atoms with Gasteiger partial charge in [-0.15, -0.1) is 0 Å². The molecule has 1 aliphatic heterocycles. The first kappa shape index (κ1) is 27.0. The summed E-state index contributed by atoms with van der Waals surface area (Å²) in [5, 5.41) is 25.7. The molecule has 12 heteroatoms. The molecule has 0 fully saturated rings. The maximum absolute atomic E-state index is 13.5. The van der Waals surface area contributed by atoms with E-state index < -0.39 is 46.1 Å². The number of carbonyl (C=O) groups excluding carboxylic acids is 2. The van der Waals surface area contributed by atoms with Gasteiger partial charge in [-0.25, -0.2) is 4.39 Å². The zero-order valence-corrected chi connectivity index (χ0v) is 21.2. The number of pyridine rings is 2. The van der Waals surface area contributed by atoms with E-state index in [1.807, 2.05) is 0 Å². The van der Waals surface area contributed by atoms with E-state index in [4.69, 9.17) is 9.47 Å². The van der Waals surface area contributed by atoms with Gasteiger partial charge in [-0.2, -0.15) is 0 Å². The molecule has 0 bridgehead atoms. The maximum Gasteiger partial charge on any atom is 0.268 e. The summed E-state index contributed by atoms with van der Waals surface area (Å²) in [4.78, 5) is 43.8. The number of amides is 2. The first-order valence-corrected chi connectivity index (χ1v) is 11.9. The van der Waals surface area contributed by atoms with Crippen LogP contribution in [0.3, 0.4) is 0 Å². The third kappa shape index (κ3) is 5.31. The molecule has 2 aromatic heterocycles. The highest BCUT2D eigenvalue weighted by Crippen LogP contribution is 2.37. The first-order valence-electron chi connectivity index (χ1n) is 11.9. The quantitative estimate of drug-likeness (QED) is 0.299. The van der Waals surface area contributed by atoms with E-state index in [2.05, 4.69) is 15.6 Å². The van der Waals surface area contributed by atoms with Crippen LogP contribution in [0.4, 0.5) is 4.39 Å². The van der Waals surface area contributed by atoms with Crippen molar-refractivity contribution in [2.75, 3.05) is 26.9 Å². The molecule has 0 radical (unpaired) electrons. The summed E-state index contributed by atoms with van der Waals surface area (Å²) in [5.74, 6) is -2.28. The standard InChI is InChI=1S/C26H29FN4O7/c1-26(2,13-32)30-23(34)17-12-31-20-19(21(33)18(25(31)36)24(35)28-8-9-37-3)29-11-15(22(20)38-17)10-14-4-6-16(27)7-5-14/h4-7,11,17,32-33H,8-10,12-13H2,1-3H3,(H,28,35)(H,30,34)/t17-/m0/s1. The second kappa shape index (κ2) is 10.8. The Balaban J connectivity index is 1.85. The molecule has 0 saturated heterocycles. The Bertz CT molecular complexity index is 1440. The number of benzene rings is 1. The van der Waals surface area contributed by atoms with Crippen LogP contribution in [-0.2, 0) is 22.5 Å². The van der Waals surface area contributed by atoms with Crippen molar-refractivity contribution in [2.45, 2.75) is 38.5 Å². The van der Waals surface area contributed by atoms with Crippen LogP contribution in [0, 0.1) is 5.82 Å². The molecule has 3 aromatic rings. The summed E-state index contributed by atoms with van der Waals surface area (Å²) < 4.78 is 25.6. The van der Waals surface area contributed by atoms with E-state index in [-0.39, 0.29) is 49.5 Å². The van der Waals surface area contributed by atoms with Gasteiger partial charge in [0.25, 0.3) is 17.4 Å². The maximum atomic E-state index is 13.5. The Morgan fingerprint density at radius 2 is 2.00 bits per heavy atom. The van der Waals surface area contributed by atoms with Crippen LogP contribution >= 0.6 is 0 Å². The topological polar surface area (TPSA) is 152 Å². The molecule has 0 spiro atoms. The first-order chi connectivity index (χ1) is 18.1. The Hall–Kier alpha value is -4.03. The van der Waals surface area contributed by atoms with Crippen LogP contribution in [0.2, 0.25) is 0 Å². The van der Waals surface area contributed by atoms with Gasteiger partial charge in [0.15, 0.2) is 17.6 Å². The number of hydrogen-bond acceptors (Lipinski definition) is 8. The highest BCUT2D eigenvalue weighted by atomic mass is 19.1. The Labute approximate surface area is 217 Å². The normalized spacial score (nSPS) is 14.7. The Morgan fingerprint density at radius 3 is 2.66 bits per heavy atom. The number of hydrogen-bond donors (Lipinski definition) is 4. The van der Waals surface area contributed by atoms with Crippen LogP contribution in [-0.4, -0.2) is 70.1 Å². The summed E-state index contributed by atoms with van der Waals surface area (Å²) in [6.45, 7) is 2.94. The van der Waals surface area contributed by atoms with Crippen molar-refractivity contribution in [3.63, 3.8) is 0 Å². The summed E-state index contributed by atoms with van der Waals surface area (Å²) in [7, 11) is 1.46. The van der Waals surface area contributed by atoms with Gasteiger partial charge in [0.1, 0.15) is 22.4 Å². The zero-order valence-electron chi connectivity index (χ0n) is 21.2. The molecule has 1 atom stereocenters. The number of nitrogens with zero attached hydrogens (tertiary/aromatic N) is 2. The van der Waals surface area contributed by atoms with Crippen LogP contribution in [0.5, 0.6) is 11.5 Å². The third-order valence-corrected chi connectivity index (χ3v) is 6.16. The predicted molar refractivity (Wildman–Crippen MR) is 135 cm³/mol. The second-order valence-electron chi connectivity index (χ2n) is 9.64. The molecule has 0 unspecified atom stereocenters. The van der Waals surface area contributed by atoms with Gasteiger partial charge in [-0.05, 0) is 31.5 Å². The van der Waals surface area contributed by atoms with E-state index in [0.717, 1.165) is 0 Å². The summed E-state index contributed by atoms with van der Waals surface area (Å²) in [5.41, 5.74) is -1.03. The van der Waals surface area contributed by atoms with Crippen molar-refractivity contribution in [3.05, 3.63) is 63.3 Å². The third-order valence-electron chi connectivity index (χ3n) is 6.16. The lowest BCUT2D eigenvalue weighted by molar-refractivity contribution is -0.131. The Kier molecular flexibility index (Phi) is 7.65. The molecule has 2 amide bonds. The van der Waals surface area contributed by atoms with E-state index >= 15 is 0 Å². The minimum absolute atomic E-state index is 0.0473. The van der Waals surface area contributed by atoms with Crippen LogP contribution in [0.1, 0.15) is 35.3 Å². The number of halogens is 1. The van der Waals surface area contributed by atoms with Crippen molar-refractivity contribution in [1.82, 2.24) is 20.2 Å². The lowest BCUT2D eigenvalue weighted by Crippen LogP contribution is -2.54. The predicted octanol–water partition coefficient (Wildman–Crippen LogP) is 0.856. The van der Waals surface area contributed by atoms with Crippen LogP contribution < -0.4 is 20.9 Å². The monoisotopic (exact) mass is 528 g/mol. The largest absolute Gasteiger partial charge is 0.505 e. The molecule has 11 nitrogen and oxygen atoms in total. The van der Waals surface area contributed by atoms with Crippen molar-refractivity contribution < 1.29 is 33.7 Å². The van der Waals surface area contributed by atoms with Crippen molar-refractivity contribution in [1.29, 1.82) is 0 Å². The van der Waals surface area contributed by atoms with Gasteiger partial charge in [0.05, 0.1) is 25.3 Å². The fourth-order valence-electron chi connectivity index (χ4n) is 4.15. The summed E-state index contributed by atoms with van der Waals surface area (Å²) >= 11 is 0. The smallest absolute Gasteiger partial charge is 0.268 e. The Morgan fingerprint density at radius 1 is 1.29 bits per heavy atom. The van der Waals surface area contributed by atoms with Gasteiger partial charge < -0.3 is 30.3 Å². The number of nitrogens with one attached hydrogen (secondary N) is 2. The minimum Gasteiger partial charge on any atom is -0.505 e. The SMILES string of the molecule is COCCNC(=O)c1c(O)c2ncc(Cc3ccc(F)cc3)c3c2n(c1=O)C[C@@H](C(=O)NC(C)(C)CO)O3. The van der Waals surface area contributed by atoms with Gasteiger partial charge in [-0.1, -0.05) is 12.1 Å². The van der Waals surface area contributed by atoms with Crippen molar-refractivity contribution in [2.24, 2.45) is 0 Å². The molecule has 202 valence electrons. The van der Waals surface area contributed by atoms with Crippen LogP contribution in [0.25, 0.3) is 11.0 Å². The molecule has 1 aliphatic rings. The van der Waals surface area contributed by atoms with Gasteiger partial charge in [0.2, 0.25) is 0 Å². The summed E-state index contributed by atoms with van der Waals surface area (Å²) in [6, 6.07) is 5.78. The van der Waals surface area contributed by atoms with E-state index in [9.17, 15) is 29.0 Å². The number of aliphatic hydroxyl groups is 1. The highest BCUT2D eigenvalue weighted by molar-refractivity contribution is 6.02. The van der Waals surface area contributed by atoms with E-state index in [0.29, 0.717) is 11.1 Å². The molecular weight excluding hydrogens is 499 g/mol. The molecule has 4 rings (SSSR count).